The van der Waals surface area contributed by atoms with Gasteiger partial charge in [-0.25, -0.2) is 8.78 Å². The fourth-order valence-electron chi connectivity index (χ4n) is 1.78. The van der Waals surface area contributed by atoms with Crippen LogP contribution in [-0.4, -0.2) is 17.8 Å². The number of aliphatic hydroxyl groups excluding tert-OH is 1. The predicted molar refractivity (Wildman–Crippen MR) is 63.6 cm³/mol. The van der Waals surface area contributed by atoms with Gasteiger partial charge in [-0.05, 0) is 25.0 Å². The highest BCUT2D eigenvalue weighted by atomic mass is 19.1. The molecule has 0 saturated carbocycles. The third-order valence-electron chi connectivity index (χ3n) is 2.90. The molecule has 0 fully saturated rings. The van der Waals surface area contributed by atoms with E-state index in [0.29, 0.717) is 0 Å². The molecular formula is C13H19F2NO. The van der Waals surface area contributed by atoms with Gasteiger partial charge in [0.25, 0.3) is 0 Å². The summed E-state index contributed by atoms with van der Waals surface area (Å²) in [4.78, 5) is 0. The van der Waals surface area contributed by atoms with Crippen LogP contribution in [0.2, 0.25) is 0 Å². The van der Waals surface area contributed by atoms with Crippen LogP contribution in [0.4, 0.5) is 8.78 Å². The molecule has 1 aromatic carbocycles. The maximum Gasteiger partial charge on any atom is 0.130 e. The first-order valence-electron chi connectivity index (χ1n) is 5.78. The zero-order valence-corrected chi connectivity index (χ0v) is 10.4. The molecule has 1 rings (SSSR count). The molecule has 96 valence electrons. The minimum atomic E-state index is -0.564. The minimum Gasteiger partial charge on any atom is -0.395 e. The molecule has 0 saturated heterocycles. The Morgan fingerprint density at radius 3 is 2.12 bits per heavy atom. The summed E-state index contributed by atoms with van der Waals surface area (Å²) in [7, 11) is 0. The second-order valence-corrected chi connectivity index (χ2v) is 4.56. The number of aliphatic hydroxyl groups is 1. The zero-order chi connectivity index (χ0) is 13.0. The minimum absolute atomic E-state index is 0.0200. The van der Waals surface area contributed by atoms with E-state index in [0.717, 1.165) is 0 Å². The number of hydrogen-bond acceptors (Lipinski definition) is 2. The number of nitrogens with one attached hydrogen (secondary N) is 1. The molecule has 4 heteroatoms. The third-order valence-corrected chi connectivity index (χ3v) is 2.90. The Labute approximate surface area is 101 Å². The van der Waals surface area contributed by atoms with Crippen LogP contribution in [0.1, 0.15) is 32.4 Å². The quantitative estimate of drug-likeness (QED) is 0.833. The Morgan fingerprint density at radius 1 is 1.18 bits per heavy atom. The Morgan fingerprint density at radius 2 is 1.71 bits per heavy atom. The molecule has 2 atom stereocenters. The summed E-state index contributed by atoms with van der Waals surface area (Å²) in [6, 6.07) is 3.16. The highest BCUT2D eigenvalue weighted by molar-refractivity contribution is 5.22. The van der Waals surface area contributed by atoms with Crippen molar-refractivity contribution < 1.29 is 13.9 Å². The molecule has 1 unspecified atom stereocenters. The van der Waals surface area contributed by atoms with Crippen LogP contribution in [0.25, 0.3) is 0 Å². The first-order chi connectivity index (χ1) is 7.97. The molecule has 0 spiro atoms. The summed E-state index contributed by atoms with van der Waals surface area (Å²) in [6.07, 6.45) is 0. The first kappa shape index (κ1) is 14.1. The van der Waals surface area contributed by atoms with Gasteiger partial charge < -0.3 is 10.4 Å². The van der Waals surface area contributed by atoms with Crippen molar-refractivity contribution in [2.24, 2.45) is 5.92 Å². The van der Waals surface area contributed by atoms with Crippen molar-refractivity contribution in [1.82, 2.24) is 5.32 Å². The Balaban J connectivity index is 2.86. The van der Waals surface area contributed by atoms with Crippen molar-refractivity contribution >= 4 is 0 Å². The van der Waals surface area contributed by atoms with Crippen LogP contribution in [0.15, 0.2) is 18.2 Å². The molecule has 0 heterocycles. The lowest BCUT2D eigenvalue weighted by Crippen LogP contribution is -2.39. The normalized spacial score (nSPS) is 15.0. The standard InChI is InChI=1S/C13H19F2NO/c1-8(2)12(7-17)16-9(3)13-10(14)5-4-6-11(13)15/h4-6,8-9,12,16-17H,7H2,1-3H3/t9?,12-/m1/s1. The van der Waals surface area contributed by atoms with E-state index in [2.05, 4.69) is 5.32 Å². The molecular weight excluding hydrogens is 224 g/mol. The van der Waals surface area contributed by atoms with E-state index in [9.17, 15) is 13.9 Å². The molecule has 0 aliphatic carbocycles. The van der Waals surface area contributed by atoms with E-state index in [4.69, 9.17) is 0 Å². The van der Waals surface area contributed by atoms with Crippen molar-refractivity contribution in [3.8, 4) is 0 Å². The van der Waals surface area contributed by atoms with Gasteiger partial charge in [-0.1, -0.05) is 19.9 Å². The monoisotopic (exact) mass is 243 g/mol. The first-order valence-corrected chi connectivity index (χ1v) is 5.78. The van der Waals surface area contributed by atoms with Crippen LogP contribution in [0, 0.1) is 17.6 Å². The summed E-state index contributed by atoms with van der Waals surface area (Å²) in [5, 5.41) is 12.2. The van der Waals surface area contributed by atoms with Crippen molar-refractivity contribution in [3.05, 3.63) is 35.4 Å². The molecule has 17 heavy (non-hydrogen) atoms. The van der Waals surface area contributed by atoms with Crippen LogP contribution in [-0.2, 0) is 0 Å². The third kappa shape index (κ3) is 3.48. The molecule has 2 nitrogen and oxygen atoms in total. The smallest absolute Gasteiger partial charge is 0.130 e. The molecule has 0 aromatic heterocycles. The second-order valence-electron chi connectivity index (χ2n) is 4.56. The van der Waals surface area contributed by atoms with Gasteiger partial charge in [-0.3, -0.25) is 0 Å². The van der Waals surface area contributed by atoms with Crippen LogP contribution in [0.5, 0.6) is 0 Å². The molecule has 0 bridgehead atoms. The lowest BCUT2D eigenvalue weighted by molar-refractivity contribution is 0.200. The van der Waals surface area contributed by atoms with Gasteiger partial charge in [-0.15, -0.1) is 0 Å². The summed E-state index contributed by atoms with van der Waals surface area (Å²) in [5.41, 5.74) is 0.0200. The van der Waals surface area contributed by atoms with E-state index in [-0.39, 0.29) is 24.1 Å². The summed E-state index contributed by atoms with van der Waals surface area (Å²) < 4.78 is 27.0. The van der Waals surface area contributed by atoms with Gasteiger partial charge in [0.1, 0.15) is 11.6 Å². The molecule has 0 aliphatic heterocycles. The SMILES string of the molecule is CC(N[C@H](CO)C(C)C)c1c(F)cccc1F. The molecule has 0 amide bonds. The lowest BCUT2D eigenvalue weighted by atomic mass is 10.0. The largest absolute Gasteiger partial charge is 0.395 e. The van der Waals surface area contributed by atoms with E-state index >= 15 is 0 Å². The Bertz CT molecular complexity index is 348. The zero-order valence-electron chi connectivity index (χ0n) is 10.4. The molecule has 0 aliphatic rings. The fraction of sp³-hybridized carbons (Fsp3) is 0.538. The van der Waals surface area contributed by atoms with Crippen molar-refractivity contribution in [2.75, 3.05) is 6.61 Å². The highest BCUT2D eigenvalue weighted by Crippen LogP contribution is 2.21. The van der Waals surface area contributed by atoms with Gasteiger partial charge in [-0.2, -0.15) is 0 Å². The van der Waals surface area contributed by atoms with E-state index in [1.54, 1.807) is 6.92 Å². The fourth-order valence-corrected chi connectivity index (χ4v) is 1.78. The van der Waals surface area contributed by atoms with Gasteiger partial charge in [0.15, 0.2) is 0 Å². The van der Waals surface area contributed by atoms with E-state index in [1.165, 1.54) is 18.2 Å². The van der Waals surface area contributed by atoms with Crippen LogP contribution < -0.4 is 5.32 Å². The predicted octanol–water partition coefficient (Wildman–Crippen LogP) is 2.63. The second kappa shape index (κ2) is 6.07. The topological polar surface area (TPSA) is 32.3 Å². The van der Waals surface area contributed by atoms with Crippen LogP contribution >= 0.6 is 0 Å². The average molecular weight is 243 g/mol. The summed E-state index contributed by atoms with van der Waals surface area (Å²) >= 11 is 0. The van der Waals surface area contributed by atoms with Crippen molar-refractivity contribution in [2.45, 2.75) is 32.9 Å². The number of hydrogen-bond donors (Lipinski definition) is 2. The van der Waals surface area contributed by atoms with Gasteiger partial charge >= 0.3 is 0 Å². The van der Waals surface area contributed by atoms with E-state index in [1.807, 2.05) is 13.8 Å². The van der Waals surface area contributed by atoms with Crippen LogP contribution in [0.3, 0.4) is 0 Å². The maximum absolute atomic E-state index is 13.5. The summed E-state index contributed by atoms with van der Waals surface area (Å²) in [5.74, 6) is -0.937. The Kier molecular flexibility index (Phi) is 5.02. The Hall–Kier alpha value is -1.00. The van der Waals surface area contributed by atoms with Crippen molar-refractivity contribution in [1.29, 1.82) is 0 Å². The van der Waals surface area contributed by atoms with E-state index < -0.39 is 17.7 Å². The van der Waals surface area contributed by atoms with Crippen molar-refractivity contribution in [3.63, 3.8) is 0 Å². The highest BCUT2D eigenvalue weighted by Gasteiger charge is 2.20. The van der Waals surface area contributed by atoms with Gasteiger partial charge in [0.2, 0.25) is 0 Å². The number of rotatable bonds is 5. The average Bonchev–Trinajstić information content (AvgIpc) is 2.25. The molecule has 1 aromatic rings. The van der Waals surface area contributed by atoms with Gasteiger partial charge in [0, 0.05) is 17.6 Å². The summed E-state index contributed by atoms with van der Waals surface area (Å²) in [6.45, 7) is 5.52. The number of halogens is 2. The number of benzene rings is 1. The molecule has 0 radical (unpaired) electrons. The maximum atomic E-state index is 13.5. The lowest BCUT2D eigenvalue weighted by Gasteiger charge is -2.25. The van der Waals surface area contributed by atoms with Gasteiger partial charge in [0.05, 0.1) is 6.61 Å². The molecule has 2 N–H and O–H groups in total.